The summed E-state index contributed by atoms with van der Waals surface area (Å²) >= 11 is 0. The van der Waals surface area contributed by atoms with E-state index < -0.39 is 40.9 Å². The largest absolute Gasteiger partial charge is 0.507 e. The van der Waals surface area contributed by atoms with Crippen molar-refractivity contribution in [2.75, 3.05) is 19.1 Å². The summed E-state index contributed by atoms with van der Waals surface area (Å²) in [5.41, 5.74) is 1.73. The zero-order valence-corrected chi connectivity index (χ0v) is 29.4. The molecule has 1 heterocycles. The van der Waals surface area contributed by atoms with Crippen molar-refractivity contribution in [3.05, 3.63) is 137 Å². The number of phenolic OH excluding ortho intramolecular Hbond substituents is 1. The van der Waals surface area contributed by atoms with Gasteiger partial charge in [-0.2, -0.15) is 0 Å². The number of carbonyl (C=O) groups is 5. The Bertz CT molecular complexity index is 2260. The Hall–Kier alpha value is -6.09. The van der Waals surface area contributed by atoms with Crippen LogP contribution in [0.25, 0.3) is 5.57 Å². The van der Waals surface area contributed by atoms with Gasteiger partial charge in [-0.05, 0) is 67.2 Å². The van der Waals surface area contributed by atoms with Gasteiger partial charge in [-0.1, -0.05) is 72.3 Å². The Morgan fingerprint density at radius 1 is 0.830 bits per heavy atom. The summed E-state index contributed by atoms with van der Waals surface area (Å²) < 4.78 is 11.4. The van der Waals surface area contributed by atoms with Gasteiger partial charge in [-0.25, -0.2) is 0 Å². The highest BCUT2D eigenvalue weighted by molar-refractivity contribution is 6.32. The molecule has 1 aliphatic heterocycles. The molecule has 2 fully saturated rings. The number of hydrogen-bond acceptors (Lipinski definition) is 8. The van der Waals surface area contributed by atoms with E-state index >= 15 is 9.59 Å². The van der Waals surface area contributed by atoms with Crippen molar-refractivity contribution in [2.24, 2.45) is 23.7 Å². The van der Waals surface area contributed by atoms with Crippen molar-refractivity contribution < 1.29 is 38.6 Å². The van der Waals surface area contributed by atoms with Crippen LogP contribution in [-0.2, 0) is 24.6 Å². The summed E-state index contributed by atoms with van der Waals surface area (Å²) in [6, 6.07) is 27.7. The Kier molecular flexibility index (Phi) is 8.24. The van der Waals surface area contributed by atoms with E-state index in [1.807, 2.05) is 54.6 Å². The number of hydrogen-bond donors (Lipinski definition) is 1. The van der Waals surface area contributed by atoms with Crippen LogP contribution in [0.3, 0.4) is 0 Å². The van der Waals surface area contributed by atoms with E-state index in [-0.39, 0.29) is 53.2 Å². The first-order chi connectivity index (χ1) is 25.6. The molecule has 2 amide bonds. The number of ketones is 3. The number of imide groups is 1. The lowest BCUT2D eigenvalue weighted by molar-refractivity contribution is -0.135. The van der Waals surface area contributed by atoms with Crippen LogP contribution in [0.4, 0.5) is 5.69 Å². The SMILES string of the molecule is COc1cc(O)c(C2C3=CCC4C(=O)N(c5ccc(C(C)=O)cc5)C(=O)C4C3CC3C(=O)C(c4ccccc4)=CC(=O)C32c2ccccc2)c(OC)c1. The maximum Gasteiger partial charge on any atom is 0.238 e. The molecule has 6 unspecified atom stereocenters. The average Bonchev–Trinajstić information content (AvgIpc) is 3.44. The summed E-state index contributed by atoms with van der Waals surface area (Å²) in [7, 11) is 2.93. The third-order valence-corrected chi connectivity index (χ3v) is 11.7. The molecule has 6 atom stereocenters. The molecule has 9 heteroatoms. The topological polar surface area (TPSA) is 127 Å². The average molecular weight is 708 g/mol. The number of phenols is 1. The maximum atomic E-state index is 15.3. The van der Waals surface area contributed by atoms with Gasteiger partial charge in [-0.15, -0.1) is 0 Å². The van der Waals surface area contributed by atoms with Gasteiger partial charge in [0, 0.05) is 40.7 Å². The number of Topliss-reactive ketones (excluding diaryl/α,β-unsaturated/α-hetero) is 2. The number of carbonyl (C=O) groups excluding carboxylic acids is 5. The van der Waals surface area contributed by atoms with Gasteiger partial charge in [0.25, 0.3) is 0 Å². The van der Waals surface area contributed by atoms with Crippen molar-refractivity contribution >= 4 is 40.4 Å². The van der Waals surface area contributed by atoms with Crippen LogP contribution in [0.2, 0.25) is 0 Å². The highest BCUT2D eigenvalue weighted by atomic mass is 16.5. The standard InChI is InChI=1S/C44H37NO8/c1-24(46)25-14-16-28(17-15-25)45-42(50)31-19-18-30-33(38(31)43(45)51)22-34-41(49)32(26-10-6-4-7-11-26)23-37(48)44(34,27-12-8-5-9-13-27)40(30)39-35(47)20-29(52-2)21-36(39)53-3/h4-18,20-21,23,31,33-34,38,40,47H,19,22H2,1-3H3. The lowest BCUT2D eigenvalue weighted by atomic mass is 9.44. The molecule has 4 aromatic carbocycles. The van der Waals surface area contributed by atoms with Gasteiger partial charge in [0.2, 0.25) is 11.8 Å². The lowest BCUT2D eigenvalue weighted by Gasteiger charge is -2.55. The van der Waals surface area contributed by atoms with Gasteiger partial charge in [0.15, 0.2) is 17.3 Å². The molecule has 4 aliphatic rings. The molecule has 9 nitrogen and oxygen atoms in total. The lowest BCUT2D eigenvalue weighted by Crippen LogP contribution is -2.58. The van der Waals surface area contributed by atoms with Crippen LogP contribution in [0.5, 0.6) is 17.2 Å². The van der Waals surface area contributed by atoms with Crippen LogP contribution in [0.15, 0.2) is 115 Å². The summed E-state index contributed by atoms with van der Waals surface area (Å²) in [4.78, 5) is 72.4. The highest BCUT2D eigenvalue weighted by Crippen LogP contribution is 2.65. The number of benzene rings is 4. The normalized spacial score (nSPS) is 26.2. The van der Waals surface area contributed by atoms with Crippen LogP contribution >= 0.6 is 0 Å². The van der Waals surface area contributed by atoms with Crippen LogP contribution in [0.1, 0.15) is 52.7 Å². The second kappa shape index (κ2) is 12.8. The number of allylic oxidation sites excluding steroid dienone is 4. The Labute approximate surface area is 306 Å². The van der Waals surface area contributed by atoms with E-state index in [4.69, 9.17) is 9.47 Å². The van der Waals surface area contributed by atoms with Crippen molar-refractivity contribution in [1.29, 1.82) is 0 Å². The molecule has 8 rings (SSSR count). The molecule has 53 heavy (non-hydrogen) atoms. The van der Waals surface area contributed by atoms with Gasteiger partial charge >= 0.3 is 0 Å². The molecule has 0 spiro atoms. The van der Waals surface area contributed by atoms with Crippen molar-refractivity contribution in [3.8, 4) is 17.2 Å². The third kappa shape index (κ3) is 5.01. The second-order valence-corrected chi connectivity index (χ2v) is 14.2. The monoisotopic (exact) mass is 707 g/mol. The Morgan fingerprint density at radius 2 is 1.51 bits per heavy atom. The van der Waals surface area contributed by atoms with Crippen molar-refractivity contribution in [1.82, 2.24) is 0 Å². The summed E-state index contributed by atoms with van der Waals surface area (Å²) in [5, 5.41) is 11.9. The smallest absolute Gasteiger partial charge is 0.238 e. The minimum absolute atomic E-state index is 0.114. The molecule has 0 aromatic heterocycles. The maximum absolute atomic E-state index is 15.3. The fraction of sp³-hybridized carbons (Fsp3) is 0.250. The zero-order valence-electron chi connectivity index (χ0n) is 29.4. The molecular formula is C44H37NO8. The molecule has 1 saturated carbocycles. The number of methoxy groups -OCH3 is 2. The van der Waals surface area contributed by atoms with Gasteiger partial charge < -0.3 is 14.6 Å². The number of anilines is 1. The minimum atomic E-state index is -1.54. The first-order valence-electron chi connectivity index (χ1n) is 17.7. The third-order valence-electron chi connectivity index (χ3n) is 11.7. The van der Waals surface area contributed by atoms with Crippen LogP contribution < -0.4 is 14.4 Å². The molecule has 1 N–H and O–H groups in total. The Balaban J connectivity index is 1.37. The van der Waals surface area contributed by atoms with Crippen molar-refractivity contribution in [2.45, 2.75) is 31.1 Å². The number of ether oxygens (including phenoxy) is 2. The summed E-state index contributed by atoms with van der Waals surface area (Å²) in [6.07, 6.45) is 3.69. The van der Waals surface area contributed by atoms with Gasteiger partial charge in [0.1, 0.15) is 17.2 Å². The summed E-state index contributed by atoms with van der Waals surface area (Å²) in [5.74, 6) is -5.22. The van der Waals surface area contributed by atoms with Crippen molar-refractivity contribution in [3.63, 3.8) is 0 Å². The number of fused-ring (bicyclic) bond motifs is 4. The van der Waals surface area contributed by atoms with E-state index in [9.17, 15) is 19.5 Å². The molecule has 0 radical (unpaired) electrons. The molecule has 0 bridgehead atoms. The minimum Gasteiger partial charge on any atom is -0.507 e. The molecule has 1 saturated heterocycles. The molecule has 3 aliphatic carbocycles. The predicted octanol–water partition coefficient (Wildman–Crippen LogP) is 6.64. The van der Waals surface area contributed by atoms with E-state index in [1.165, 1.54) is 38.2 Å². The Morgan fingerprint density at radius 3 is 2.15 bits per heavy atom. The fourth-order valence-electron chi connectivity index (χ4n) is 9.45. The van der Waals surface area contributed by atoms with E-state index in [0.29, 0.717) is 39.3 Å². The highest BCUT2D eigenvalue weighted by Gasteiger charge is 2.66. The van der Waals surface area contributed by atoms with E-state index in [2.05, 4.69) is 0 Å². The number of amides is 2. The first-order valence-corrected chi connectivity index (χ1v) is 17.7. The molecule has 4 aromatic rings. The zero-order chi connectivity index (χ0) is 37.2. The fourth-order valence-corrected chi connectivity index (χ4v) is 9.45. The molecular weight excluding hydrogens is 670 g/mol. The molecule has 266 valence electrons. The number of aromatic hydroxyl groups is 1. The number of nitrogens with zero attached hydrogens (tertiary/aromatic N) is 1. The summed E-state index contributed by atoms with van der Waals surface area (Å²) in [6.45, 7) is 1.45. The second-order valence-electron chi connectivity index (χ2n) is 14.2. The van der Waals surface area contributed by atoms with E-state index in [1.54, 1.807) is 42.5 Å². The quantitative estimate of drug-likeness (QED) is 0.129. The predicted molar refractivity (Wildman–Crippen MR) is 197 cm³/mol. The van der Waals surface area contributed by atoms with Gasteiger partial charge in [-0.3, -0.25) is 28.9 Å². The first kappa shape index (κ1) is 34.0. The number of rotatable bonds is 7. The van der Waals surface area contributed by atoms with Crippen LogP contribution in [0, 0.1) is 23.7 Å². The van der Waals surface area contributed by atoms with Crippen LogP contribution in [-0.4, -0.2) is 48.5 Å². The van der Waals surface area contributed by atoms with Gasteiger partial charge in [0.05, 0.1) is 37.2 Å². The van der Waals surface area contributed by atoms with E-state index in [0.717, 1.165) is 0 Å².